The largest absolute Gasteiger partial charge is 0.378 e. The Balaban J connectivity index is 1.67. The Kier molecular flexibility index (Phi) is 5.33. The highest BCUT2D eigenvalue weighted by Crippen LogP contribution is 2.27. The number of allylic oxidation sites excluding steroid dienone is 1. The molecule has 2 aliphatic rings. The van der Waals surface area contributed by atoms with Gasteiger partial charge in [-0.05, 0) is 39.5 Å². The van der Waals surface area contributed by atoms with E-state index in [-0.39, 0.29) is 11.9 Å². The third-order valence-electron chi connectivity index (χ3n) is 4.50. The smallest absolute Gasteiger partial charge is 0.263 e. The summed E-state index contributed by atoms with van der Waals surface area (Å²) in [4.78, 5) is 20.1. The quantitative estimate of drug-likeness (QED) is 0.860. The van der Waals surface area contributed by atoms with Crippen LogP contribution >= 0.6 is 11.3 Å². The van der Waals surface area contributed by atoms with Gasteiger partial charge in [-0.3, -0.25) is 4.79 Å². The molecule has 1 fully saturated rings. The van der Waals surface area contributed by atoms with E-state index in [1.54, 1.807) is 0 Å². The predicted octanol–water partition coefficient (Wildman–Crippen LogP) is 2.91. The molecule has 1 amide bonds. The third kappa shape index (κ3) is 3.93. The molecule has 3 rings (SSSR count). The molecule has 1 aliphatic heterocycles. The average Bonchev–Trinajstić information content (AvgIpc) is 2.98. The molecule has 5 nitrogen and oxygen atoms in total. The Labute approximate surface area is 141 Å². The minimum atomic E-state index is -0.00140. The normalized spacial score (nSPS) is 20.1. The fraction of sp³-hybridized carbons (Fsp3) is 0.647. The molecule has 0 spiro atoms. The molecule has 0 bridgehead atoms. The van der Waals surface area contributed by atoms with E-state index in [0.717, 1.165) is 54.8 Å². The number of anilines is 1. The van der Waals surface area contributed by atoms with Crippen LogP contribution in [0.15, 0.2) is 11.6 Å². The van der Waals surface area contributed by atoms with Crippen molar-refractivity contribution in [3.05, 3.63) is 22.2 Å². The Morgan fingerprint density at radius 1 is 1.39 bits per heavy atom. The van der Waals surface area contributed by atoms with Crippen molar-refractivity contribution in [1.82, 2.24) is 10.3 Å². The summed E-state index contributed by atoms with van der Waals surface area (Å²) in [5.41, 5.74) is 2.18. The summed E-state index contributed by atoms with van der Waals surface area (Å²) < 4.78 is 5.38. The fourth-order valence-electron chi connectivity index (χ4n) is 3.09. The van der Waals surface area contributed by atoms with Crippen molar-refractivity contribution < 1.29 is 9.53 Å². The third-order valence-corrected chi connectivity index (χ3v) is 5.72. The summed E-state index contributed by atoms with van der Waals surface area (Å²) >= 11 is 1.49. The van der Waals surface area contributed by atoms with Gasteiger partial charge in [0, 0.05) is 19.1 Å². The molecule has 1 saturated heterocycles. The van der Waals surface area contributed by atoms with Crippen LogP contribution in [-0.2, 0) is 4.74 Å². The number of nitrogens with one attached hydrogen (secondary N) is 1. The van der Waals surface area contributed by atoms with E-state index in [0.29, 0.717) is 0 Å². The van der Waals surface area contributed by atoms with Crippen LogP contribution in [0.5, 0.6) is 0 Å². The van der Waals surface area contributed by atoms with E-state index in [2.05, 4.69) is 28.2 Å². The molecule has 1 aliphatic carbocycles. The maximum atomic E-state index is 12.6. The molecule has 6 heteroatoms. The average molecular weight is 335 g/mol. The number of rotatable bonds is 4. The first-order chi connectivity index (χ1) is 11.1. The summed E-state index contributed by atoms with van der Waals surface area (Å²) in [6.45, 7) is 7.14. The molecule has 2 heterocycles. The molecular formula is C17H25N3O2S. The van der Waals surface area contributed by atoms with Crippen LogP contribution in [0.25, 0.3) is 0 Å². The van der Waals surface area contributed by atoms with Crippen LogP contribution in [-0.4, -0.2) is 43.2 Å². The number of amides is 1. The number of nitrogens with zero attached hydrogens (tertiary/aromatic N) is 2. The number of aromatic nitrogens is 1. The van der Waals surface area contributed by atoms with Crippen LogP contribution in [0.4, 0.5) is 5.13 Å². The molecule has 1 aromatic heterocycles. The van der Waals surface area contributed by atoms with Crippen LogP contribution in [0, 0.1) is 6.92 Å². The standard InChI is InChI=1S/C17H25N3O2S/c1-12(14-6-4-3-5-7-14)18-16(21)15-13(2)19-17(23-15)20-8-10-22-11-9-20/h6,12H,3-5,7-11H2,1-2H3,(H,18,21). The van der Waals surface area contributed by atoms with Crippen molar-refractivity contribution in [2.45, 2.75) is 45.6 Å². The van der Waals surface area contributed by atoms with Gasteiger partial charge >= 0.3 is 0 Å². The molecule has 0 aromatic carbocycles. The lowest BCUT2D eigenvalue weighted by molar-refractivity contribution is 0.0948. The maximum Gasteiger partial charge on any atom is 0.263 e. The van der Waals surface area contributed by atoms with Gasteiger partial charge in [-0.15, -0.1) is 0 Å². The van der Waals surface area contributed by atoms with E-state index in [1.807, 2.05) is 6.92 Å². The highest BCUT2D eigenvalue weighted by molar-refractivity contribution is 7.17. The maximum absolute atomic E-state index is 12.6. The second-order valence-electron chi connectivity index (χ2n) is 6.23. The summed E-state index contributed by atoms with van der Waals surface area (Å²) in [5, 5.41) is 4.07. The second-order valence-corrected chi connectivity index (χ2v) is 7.21. The first-order valence-corrected chi connectivity index (χ1v) is 9.26. The molecule has 1 atom stereocenters. The lowest BCUT2D eigenvalue weighted by atomic mass is 9.95. The van der Waals surface area contributed by atoms with Crippen LogP contribution in [0.3, 0.4) is 0 Å². The minimum Gasteiger partial charge on any atom is -0.378 e. The number of hydrogen-bond donors (Lipinski definition) is 1. The van der Waals surface area contributed by atoms with Crippen LogP contribution in [0.2, 0.25) is 0 Å². The number of hydrogen-bond acceptors (Lipinski definition) is 5. The fourth-order valence-corrected chi connectivity index (χ4v) is 4.12. The van der Waals surface area contributed by atoms with Crippen molar-refractivity contribution in [3.8, 4) is 0 Å². The van der Waals surface area contributed by atoms with Crippen molar-refractivity contribution in [2.24, 2.45) is 0 Å². The highest BCUT2D eigenvalue weighted by atomic mass is 32.1. The first-order valence-electron chi connectivity index (χ1n) is 8.45. The lowest BCUT2D eigenvalue weighted by Crippen LogP contribution is -2.36. The minimum absolute atomic E-state index is 0.00140. The molecular weight excluding hydrogens is 310 g/mol. The summed E-state index contributed by atoms with van der Waals surface area (Å²) in [7, 11) is 0. The van der Waals surface area contributed by atoms with Gasteiger partial charge in [0.05, 0.1) is 18.9 Å². The van der Waals surface area contributed by atoms with Gasteiger partial charge in [0.25, 0.3) is 5.91 Å². The summed E-state index contributed by atoms with van der Waals surface area (Å²) in [6.07, 6.45) is 7.01. The van der Waals surface area contributed by atoms with Gasteiger partial charge < -0.3 is 15.0 Å². The Hall–Kier alpha value is -1.40. The first kappa shape index (κ1) is 16.5. The van der Waals surface area contributed by atoms with Gasteiger partial charge in [-0.25, -0.2) is 4.98 Å². The second kappa shape index (κ2) is 7.45. The van der Waals surface area contributed by atoms with Crippen molar-refractivity contribution >= 4 is 22.4 Å². The van der Waals surface area contributed by atoms with Crippen LogP contribution in [0.1, 0.15) is 48.0 Å². The molecule has 126 valence electrons. The lowest BCUT2D eigenvalue weighted by Gasteiger charge is -2.26. The zero-order valence-corrected chi connectivity index (χ0v) is 14.7. The van der Waals surface area contributed by atoms with E-state index >= 15 is 0 Å². The number of carbonyl (C=O) groups is 1. The molecule has 0 radical (unpaired) electrons. The Bertz CT molecular complexity index is 591. The van der Waals surface area contributed by atoms with Gasteiger partial charge in [-0.1, -0.05) is 23.0 Å². The molecule has 1 N–H and O–H groups in total. The van der Waals surface area contributed by atoms with E-state index < -0.39 is 0 Å². The van der Waals surface area contributed by atoms with Crippen LogP contribution < -0.4 is 10.2 Å². The van der Waals surface area contributed by atoms with Gasteiger partial charge in [-0.2, -0.15) is 0 Å². The van der Waals surface area contributed by atoms with E-state index in [9.17, 15) is 4.79 Å². The van der Waals surface area contributed by atoms with Gasteiger partial charge in [0.1, 0.15) is 4.88 Å². The topological polar surface area (TPSA) is 54.5 Å². The number of ether oxygens (including phenoxy) is 1. The van der Waals surface area contributed by atoms with Crippen molar-refractivity contribution in [1.29, 1.82) is 0 Å². The Morgan fingerprint density at radius 2 is 2.17 bits per heavy atom. The number of carbonyl (C=O) groups excluding carboxylic acids is 1. The highest BCUT2D eigenvalue weighted by Gasteiger charge is 2.22. The van der Waals surface area contributed by atoms with Gasteiger partial charge in [0.15, 0.2) is 5.13 Å². The zero-order chi connectivity index (χ0) is 16.2. The Morgan fingerprint density at radius 3 is 2.87 bits per heavy atom. The molecule has 1 aromatic rings. The molecule has 1 unspecified atom stereocenters. The van der Waals surface area contributed by atoms with Crippen molar-refractivity contribution in [3.63, 3.8) is 0 Å². The number of aryl methyl sites for hydroxylation is 1. The van der Waals surface area contributed by atoms with Crippen molar-refractivity contribution in [2.75, 3.05) is 31.2 Å². The molecule has 23 heavy (non-hydrogen) atoms. The summed E-state index contributed by atoms with van der Waals surface area (Å²) in [6, 6.07) is 0.108. The van der Waals surface area contributed by atoms with E-state index in [1.165, 1.54) is 29.8 Å². The van der Waals surface area contributed by atoms with Gasteiger partial charge in [0.2, 0.25) is 0 Å². The summed E-state index contributed by atoms with van der Waals surface area (Å²) in [5.74, 6) is -0.00140. The number of thiazole rings is 1. The SMILES string of the molecule is Cc1nc(N2CCOCC2)sc1C(=O)NC(C)C1=CCCCC1. The van der Waals surface area contributed by atoms with E-state index in [4.69, 9.17) is 4.74 Å². The monoisotopic (exact) mass is 335 g/mol. The predicted molar refractivity (Wildman–Crippen MR) is 93.4 cm³/mol. The molecule has 0 saturated carbocycles. The zero-order valence-electron chi connectivity index (χ0n) is 13.9. The number of morpholine rings is 1.